The summed E-state index contributed by atoms with van der Waals surface area (Å²) in [5.41, 5.74) is 0.665. The molecule has 1 N–H and O–H groups in total. The van der Waals surface area contributed by atoms with Crippen LogP contribution in [0.1, 0.15) is 37.6 Å². The third-order valence-electron chi connectivity index (χ3n) is 2.37. The van der Waals surface area contributed by atoms with E-state index in [0.29, 0.717) is 12.1 Å². The normalized spacial score (nSPS) is 11.9. The van der Waals surface area contributed by atoms with Gasteiger partial charge in [-0.2, -0.15) is 0 Å². The van der Waals surface area contributed by atoms with Gasteiger partial charge in [0.2, 0.25) is 0 Å². The minimum atomic E-state index is -0.0439. The van der Waals surface area contributed by atoms with Crippen molar-refractivity contribution < 1.29 is 9.53 Å². The number of carbonyl (C=O) groups is 1. The number of amides is 1. The van der Waals surface area contributed by atoms with Crippen LogP contribution >= 0.6 is 0 Å². The molecule has 1 unspecified atom stereocenters. The van der Waals surface area contributed by atoms with Gasteiger partial charge in [-0.05, 0) is 44.5 Å². The van der Waals surface area contributed by atoms with E-state index in [-0.39, 0.29) is 12.0 Å². The molecule has 0 aliphatic carbocycles. The van der Waals surface area contributed by atoms with Crippen molar-refractivity contribution >= 4 is 5.91 Å². The average molecular weight is 221 g/mol. The predicted octanol–water partition coefficient (Wildman–Crippen LogP) is 2.61. The molecule has 1 rings (SSSR count). The van der Waals surface area contributed by atoms with Crippen LogP contribution in [0.15, 0.2) is 24.3 Å². The lowest BCUT2D eigenvalue weighted by Gasteiger charge is -2.12. The lowest BCUT2D eigenvalue weighted by atomic mass is 10.2. The molecule has 0 fully saturated rings. The summed E-state index contributed by atoms with van der Waals surface area (Å²) < 4.78 is 5.63. The fourth-order valence-corrected chi connectivity index (χ4v) is 1.26. The van der Waals surface area contributed by atoms with Crippen molar-refractivity contribution in [1.82, 2.24) is 5.32 Å². The summed E-state index contributed by atoms with van der Waals surface area (Å²) in [6.45, 7) is 6.65. The molecule has 0 spiro atoms. The van der Waals surface area contributed by atoms with Crippen LogP contribution in [0.5, 0.6) is 5.75 Å². The second kappa shape index (κ2) is 6.16. The standard InChI is InChI=1S/C13H19NO2/c1-4-10(3)16-12-8-6-11(7-9-12)13(15)14-5-2/h6-10H,4-5H2,1-3H3,(H,14,15). The molecule has 3 heteroatoms. The van der Waals surface area contributed by atoms with Crippen molar-refractivity contribution in [2.75, 3.05) is 6.54 Å². The van der Waals surface area contributed by atoms with Gasteiger partial charge in [-0.15, -0.1) is 0 Å². The predicted molar refractivity (Wildman–Crippen MR) is 64.8 cm³/mol. The van der Waals surface area contributed by atoms with Crippen molar-refractivity contribution in [2.24, 2.45) is 0 Å². The van der Waals surface area contributed by atoms with Gasteiger partial charge in [-0.1, -0.05) is 6.92 Å². The highest BCUT2D eigenvalue weighted by Gasteiger charge is 2.05. The number of hydrogen-bond acceptors (Lipinski definition) is 2. The van der Waals surface area contributed by atoms with Crippen LogP contribution in [-0.4, -0.2) is 18.6 Å². The minimum absolute atomic E-state index is 0.0439. The van der Waals surface area contributed by atoms with E-state index < -0.39 is 0 Å². The molecule has 0 bridgehead atoms. The van der Waals surface area contributed by atoms with E-state index in [0.717, 1.165) is 12.2 Å². The first-order chi connectivity index (χ1) is 7.67. The Morgan fingerprint density at radius 2 is 1.94 bits per heavy atom. The Hall–Kier alpha value is -1.51. The van der Waals surface area contributed by atoms with Crippen LogP contribution in [0.25, 0.3) is 0 Å². The number of rotatable bonds is 5. The summed E-state index contributed by atoms with van der Waals surface area (Å²) in [5.74, 6) is 0.764. The van der Waals surface area contributed by atoms with E-state index in [1.807, 2.05) is 26.0 Å². The monoisotopic (exact) mass is 221 g/mol. The lowest BCUT2D eigenvalue weighted by molar-refractivity contribution is 0.0956. The van der Waals surface area contributed by atoms with Gasteiger partial charge in [0.05, 0.1) is 6.10 Å². The zero-order chi connectivity index (χ0) is 12.0. The van der Waals surface area contributed by atoms with Crippen LogP contribution in [0.4, 0.5) is 0 Å². The Morgan fingerprint density at radius 1 is 1.31 bits per heavy atom. The summed E-state index contributed by atoms with van der Waals surface area (Å²) in [7, 11) is 0. The zero-order valence-corrected chi connectivity index (χ0v) is 10.1. The molecule has 1 aromatic carbocycles. The summed E-state index contributed by atoms with van der Waals surface area (Å²) >= 11 is 0. The van der Waals surface area contributed by atoms with Crippen LogP contribution in [0.2, 0.25) is 0 Å². The molecular weight excluding hydrogens is 202 g/mol. The number of nitrogens with one attached hydrogen (secondary N) is 1. The molecule has 0 aromatic heterocycles. The van der Waals surface area contributed by atoms with Gasteiger partial charge < -0.3 is 10.1 Å². The maximum absolute atomic E-state index is 11.5. The largest absolute Gasteiger partial charge is 0.491 e. The van der Waals surface area contributed by atoms with E-state index in [1.165, 1.54) is 0 Å². The molecule has 1 aromatic rings. The van der Waals surface area contributed by atoms with Crippen molar-refractivity contribution in [3.63, 3.8) is 0 Å². The van der Waals surface area contributed by atoms with E-state index in [1.54, 1.807) is 12.1 Å². The van der Waals surface area contributed by atoms with Gasteiger partial charge in [-0.3, -0.25) is 4.79 Å². The van der Waals surface area contributed by atoms with E-state index in [4.69, 9.17) is 4.74 Å². The Kier molecular flexibility index (Phi) is 4.83. The molecule has 0 heterocycles. The third kappa shape index (κ3) is 3.57. The van der Waals surface area contributed by atoms with Gasteiger partial charge >= 0.3 is 0 Å². The van der Waals surface area contributed by atoms with Gasteiger partial charge in [0.1, 0.15) is 5.75 Å². The molecule has 0 saturated carbocycles. The number of ether oxygens (including phenoxy) is 1. The van der Waals surface area contributed by atoms with Crippen LogP contribution in [0, 0.1) is 0 Å². The van der Waals surface area contributed by atoms with Crippen molar-refractivity contribution in [3.8, 4) is 5.75 Å². The zero-order valence-electron chi connectivity index (χ0n) is 10.1. The molecule has 1 atom stereocenters. The summed E-state index contributed by atoms with van der Waals surface area (Å²) in [6, 6.07) is 7.22. The maximum Gasteiger partial charge on any atom is 0.251 e. The number of benzene rings is 1. The van der Waals surface area contributed by atoms with Gasteiger partial charge in [0.15, 0.2) is 0 Å². The molecule has 0 aliphatic rings. The first-order valence-corrected chi connectivity index (χ1v) is 5.72. The average Bonchev–Trinajstić information content (AvgIpc) is 2.30. The molecule has 3 nitrogen and oxygen atoms in total. The maximum atomic E-state index is 11.5. The van der Waals surface area contributed by atoms with Crippen molar-refractivity contribution in [1.29, 1.82) is 0 Å². The molecule has 16 heavy (non-hydrogen) atoms. The van der Waals surface area contributed by atoms with Gasteiger partial charge in [0.25, 0.3) is 5.91 Å². The number of carbonyl (C=O) groups excluding carboxylic acids is 1. The lowest BCUT2D eigenvalue weighted by Crippen LogP contribution is -2.22. The first-order valence-electron chi connectivity index (χ1n) is 5.72. The highest BCUT2D eigenvalue weighted by molar-refractivity contribution is 5.94. The molecule has 0 radical (unpaired) electrons. The fraction of sp³-hybridized carbons (Fsp3) is 0.462. The van der Waals surface area contributed by atoms with Gasteiger partial charge in [0, 0.05) is 12.1 Å². The van der Waals surface area contributed by atoms with E-state index in [2.05, 4.69) is 12.2 Å². The first kappa shape index (κ1) is 12.6. The van der Waals surface area contributed by atoms with Gasteiger partial charge in [-0.25, -0.2) is 0 Å². The van der Waals surface area contributed by atoms with Crippen molar-refractivity contribution in [2.45, 2.75) is 33.3 Å². The topological polar surface area (TPSA) is 38.3 Å². The third-order valence-corrected chi connectivity index (χ3v) is 2.37. The molecule has 0 saturated heterocycles. The smallest absolute Gasteiger partial charge is 0.251 e. The van der Waals surface area contributed by atoms with Crippen LogP contribution in [0.3, 0.4) is 0 Å². The molecular formula is C13H19NO2. The summed E-state index contributed by atoms with van der Waals surface area (Å²) in [4.78, 5) is 11.5. The molecule has 1 amide bonds. The highest BCUT2D eigenvalue weighted by Crippen LogP contribution is 2.14. The Morgan fingerprint density at radius 3 is 2.44 bits per heavy atom. The number of hydrogen-bond donors (Lipinski definition) is 1. The Labute approximate surface area is 96.8 Å². The summed E-state index contributed by atoms with van der Waals surface area (Å²) in [5, 5.41) is 2.75. The second-order valence-corrected chi connectivity index (χ2v) is 3.72. The molecule has 88 valence electrons. The quantitative estimate of drug-likeness (QED) is 0.830. The summed E-state index contributed by atoms with van der Waals surface area (Å²) in [6.07, 6.45) is 1.17. The van der Waals surface area contributed by atoms with Crippen LogP contribution in [-0.2, 0) is 0 Å². The van der Waals surface area contributed by atoms with Crippen molar-refractivity contribution in [3.05, 3.63) is 29.8 Å². The second-order valence-electron chi connectivity index (χ2n) is 3.72. The SMILES string of the molecule is CCNC(=O)c1ccc(OC(C)CC)cc1. The van der Waals surface area contributed by atoms with E-state index in [9.17, 15) is 4.79 Å². The van der Waals surface area contributed by atoms with Crippen LogP contribution < -0.4 is 10.1 Å². The van der Waals surface area contributed by atoms with E-state index >= 15 is 0 Å². The fourth-order valence-electron chi connectivity index (χ4n) is 1.26. The highest BCUT2D eigenvalue weighted by atomic mass is 16.5. The Bertz CT molecular complexity index is 332. The molecule has 0 aliphatic heterocycles. The Balaban J connectivity index is 2.64. The minimum Gasteiger partial charge on any atom is -0.491 e.